The van der Waals surface area contributed by atoms with E-state index in [0.717, 1.165) is 19.3 Å². The molecular formula is C17H26F4O4S. The van der Waals surface area contributed by atoms with Crippen LogP contribution in [-0.2, 0) is 14.9 Å². The number of rotatable bonds is 7. The Morgan fingerprint density at radius 3 is 1.81 bits per heavy atom. The van der Waals surface area contributed by atoms with Crippen LogP contribution in [0.5, 0.6) is 0 Å². The lowest BCUT2D eigenvalue weighted by molar-refractivity contribution is -0.209. The van der Waals surface area contributed by atoms with E-state index >= 15 is 0 Å². The summed E-state index contributed by atoms with van der Waals surface area (Å²) in [5.74, 6) is -3.05. The molecule has 0 atom stereocenters. The third-order valence-corrected chi connectivity index (χ3v) is 7.89. The Morgan fingerprint density at radius 1 is 1.00 bits per heavy atom. The van der Waals surface area contributed by atoms with Crippen molar-refractivity contribution in [1.82, 2.24) is 0 Å². The number of alkyl halides is 4. The number of ether oxygens (including phenoxy) is 1. The molecule has 152 valence electrons. The van der Waals surface area contributed by atoms with E-state index in [-0.39, 0.29) is 5.41 Å². The highest BCUT2D eigenvalue weighted by Gasteiger charge is 2.65. The van der Waals surface area contributed by atoms with Gasteiger partial charge in [-0.2, -0.15) is 26.0 Å². The van der Waals surface area contributed by atoms with Gasteiger partial charge in [-0.3, -0.25) is 4.55 Å². The maximum Gasteiger partial charge on any atom is 0.431 e. The highest BCUT2D eigenvalue weighted by Crippen LogP contribution is 2.64. The number of hydrogen-bond acceptors (Lipinski definition) is 3. The van der Waals surface area contributed by atoms with Crippen molar-refractivity contribution in [3.63, 3.8) is 0 Å². The fraction of sp³-hybridized carbons (Fsp3) is 1.00. The van der Waals surface area contributed by atoms with Crippen LogP contribution in [0.4, 0.5) is 17.6 Å². The molecule has 0 aromatic carbocycles. The van der Waals surface area contributed by atoms with Crippen LogP contribution in [0, 0.1) is 23.2 Å². The second kappa shape index (κ2) is 6.04. The van der Waals surface area contributed by atoms with E-state index in [1.165, 1.54) is 19.3 Å². The fourth-order valence-corrected chi connectivity index (χ4v) is 6.25. The third kappa shape index (κ3) is 3.17. The molecule has 4 aliphatic rings. The van der Waals surface area contributed by atoms with Crippen LogP contribution in [-0.4, -0.2) is 36.4 Å². The Labute approximate surface area is 151 Å². The van der Waals surface area contributed by atoms with E-state index in [1.54, 1.807) is 0 Å². The van der Waals surface area contributed by atoms with Gasteiger partial charge in [0.2, 0.25) is 0 Å². The molecule has 0 spiro atoms. The summed E-state index contributed by atoms with van der Waals surface area (Å²) in [4.78, 5) is 0. The third-order valence-electron chi connectivity index (χ3n) is 6.94. The lowest BCUT2D eigenvalue weighted by Crippen LogP contribution is -2.57. The van der Waals surface area contributed by atoms with Gasteiger partial charge < -0.3 is 4.74 Å². The molecular weight excluding hydrogens is 376 g/mol. The van der Waals surface area contributed by atoms with Gasteiger partial charge in [-0.15, -0.1) is 0 Å². The van der Waals surface area contributed by atoms with Gasteiger partial charge in [0.15, 0.2) is 0 Å². The van der Waals surface area contributed by atoms with Gasteiger partial charge in [-0.05, 0) is 75.5 Å². The lowest BCUT2D eigenvalue weighted by atomic mass is 9.46. The summed E-state index contributed by atoms with van der Waals surface area (Å²) in [5.41, 5.74) is -0.894. The zero-order chi connectivity index (χ0) is 19.6. The zero-order valence-electron chi connectivity index (χ0n) is 15.0. The second-order valence-corrected chi connectivity index (χ2v) is 10.5. The lowest BCUT2D eigenvalue weighted by Gasteiger charge is -2.62. The zero-order valence-corrected chi connectivity index (χ0v) is 15.8. The van der Waals surface area contributed by atoms with Gasteiger partial charge in [-0.1, -0.05) is 0 Å². The molecule has 4 saturated carbocycles. The van der Waals surface area contributed by atoms with Crippen LogP contribution >= 0.6 is 0 Å². The van der Waals surface area contributed by atoms with Gasteiger partial charge in [0.05, 0.1) is 12.2 Å². The van der Waals surface area contributed by atoms with Crippen LogP contribution in [0.3, 0.4) is 0 Å². The monoisotopic (exact) mass is 402 g/mol. The van der Waals surface area contributed by atoms with Crippen LogP contribution in [0.2, 0.25) is 0 Å². The minimum atomic E-state index is -6.20. The first kappa shape index (κ1) is 20.3. The first-order chi connectivity index (χ1) is 11.7. The maximum atomic E-state index is 13.7. The molecule has 4 rings (SSSR count). The molecule has 4 bridgehead atoms. The van der Waals surface area contributed by atoms with Gasteiger partial charge in [-0.25, -0.2) is 0 Å². The number of halogens is 4. The summed E-state index contributed by atoms with van der Waals surface area (Å²) in [6, 6.07) is 0. The standard InChI is InChI=1S/C17H26F4O4S/c1-14(2,15-8-11-5-12(9-15)7-13(6-11)10-15)25-4-3-16(18,19)17(20,21)26(22,23)24/h11-13H,3-10H2,1-2H3,(H,22,23,24). The summed E-state index contributed by atoms with van der Waals surface area (Å²) < 4.78 is 89.1. The van der Waals surface area contributed by atoms with E-state index in [4.69, 9.17) is 9.29 Å². The molecule has 0 heterocycles. The Balaban J connectivity index is 1.66. The molecule has 0 aromatic heterocycles. The molecule has 26 heavy (non-hydrogen) atoms. The highest BCUT2D eigenvalue weighted by molar-refractivity contribution is 7.87. The van der Waals surface area contributed by atoms with Crippen molar-refractivity contribution in [3.05, 3.63) is 0 Å². The maximum absolute atomic E-state index is 13.7. The molecule has 4 fully saturated rings. The largest absolute Gasteiger partial charge is 0.431 e. The average Bonchev–Trinajstić information content (AvgIpc) is 2.43. The van der Waals surface area contributed by atoms with Crippen LogP contribution in [0.1, 0.15) is 58.8 Å². The van der Waals surface area contributed by atoms with Gasteiger partial charge >= 0.3 is 21.3 Å². The summed E-state index contributed by atoms with van der Waals surface area (Å²) in [6.45, 7) is 2.94. The topological polar surface area (TPSA) is 63.6 Å². The normalized spacial score (nSPS) is 35.1. The highest BCUT2D eigenvalue weighted by atomic mass is 32.2. The van der Waals surface area contributed by atoms with Gasteiger partial charge in [0.1, 0.15) is 0 Å². The van der Waals surface area contributed by atoms with E-state index in [1.807, 2.05) is 13.8 Å². The van der Waals surface area contributed by atoms with Crippen LogP contribution in [0.25, 0.3) is 0 Å². The fourth-order valence-electron chi connectivity index (χ4n) is 5.77. The Bertz CT molecular complexity index is 624. The minimum Gasteiger partial charge on any atom is -0.375 e. The molecule has 4 aliphatic carbocycles. The van der Waals surface area contributed by atoms with Crippen molar-refractivity contribution in [3.8, 4) is 0 Å². The molecule has 9 heteroatoms. The molecule has 0 unspecified atom stereocenters. The summed E-state index contributed by atoms with van der Waals surface area (Å²) in [7, 11) is -6.20. The van der Waals surface area contributed by atoms with E-state index < -0.39 is 39.9 Å². The Hall–Kier alpha value is -0.410. The van der Waals surface area contributed by atoms with E-state index in [2.05, 4.69) is 0 Å². The molecule has 0 radical (unpaired) electrons. The molecule has 4 nitrogen and oxygen atoms in total. The van der Waals surface area contributed by atoms with Crippen molar-refractivity contribution < 1.29 is 35.3 Å². The smallest absolute Gasteiger partial charge is 0.375 e. The predicted octanol–water partition coefficient (Wildman–Crippen LogP) is 4.50. The van der Waals surface area contributed by atoms with Crippen LogP contribution < -0.4 is 0 Å². The van der Waals surface area contributed by atoms with Crippen molar-refractivity contribution in [2.75, 3.05) is 6.61 Å². The van der Waals surface area contributed by atoms with Crippen molar-refractivity contribution in [1.29, 1.82) is 0 Å². The Kier molecular flexibility index (Phi) is 4.72. The second-order valence-electron chi connectivity index (χ2n) is 9.00. The molecule has 1 N–H and O–H groups in total. The minimum absolute atomic E-state index is 0.136. The summed E-state index contributed by atoms with van der Waals surface area (Å²) in [6.07, 6.45) is 5.02. The van der Waals surface area contributed by atoms with Gasteiger partial charge in [0, 0.05) is 6.42 Å². The van der Waals surface area contributed by atoms with E-state index in [9.17, 15) is 26.0 Å². The Morgan fingerprint density at radius 2 is 1.42 bits per heavy atom. The van der Waals surface area contributed by atoms with Crippen molar-refractivity contribution in [2.45, 2.75) is 75.6 Å². The van der Waals surface area contributed by atoms with E-state index in [0.29, 0.717) is 17.8 Å². The molecule has 0 aromatic rings. The first-order valence-electron chi connectivity index (χ1n) is 9.06. The average molecular weight is 402 g/mol. The predicted molar refractivity (Wildman–Crippen MR) is 86.7 cm³/mol. The van der Waals surface area contributed by atoms with Crippen molar-refractivity contribution >= 4 is 10.1 Å². The SMILES string of the molecule is CC(C)(OCCC(F)(F)C(F)(F)S(=O)(=O)O)C12CC3CC(CC(C3)C1)C2. The van der Waals surface area contributed by atoms with Crippen LogP contribution in [0.15, 0.2) is 0 Å². The van der Waals surface area contributed by atoms with Gasteiger partial charge in [0.25, 0.3) is 0 Å². The molecule has 0 amide bonds. The molecule has 0 aliphatic heterocycles. The van der Waals surface area contributed by atoms with Crippen molar-refractivity contribution in [2.24, 2.45) is 23.2 Å². The number of hydrogen-bond donors (Lipinski definition) is 1. The summed E-state index contributed by atoms with van der Waals surface area (Å²) >= 11 is 0. The first-order valence-corrected chi connectivity index (χ1v) is 10.5. The summed E-state index contributed by atoms with van der Waals surface area (Å²) in [5, 5.41) is -5.53. The molecule has 0 saturated heterocycles. The quantitative estimate of drug-likeness (QED) is 0.503.